The Morgan fingerprint density at radius 3 is 2.88 bits per heavy atom. The van der Waals surface area contributed by atoms with Gasteiger partial charge in [-0.3, -0.25) is 0 Å². The second kappa shape index (κ2) is 5.10. The number of aryl methyl sites for hydroxylation is 1. The first-order chi connectivity index (χ1) is 8.24. The Hall–Kier alpha value is -1.68. The molecule has 0 spiro atoms. The maximum Gasteiger partial charge on any atom is 0.358 e. The molecule has 0 saturated heterocycles. The number of hydrogen-bond donors (Lipinski definition) is 0. The maximum absolute atomic E-state index is 11.7. The average molecular weight is 247 g/mol. The van der Waals surface area contributed by atoms with Crippen molar-refractivity contribution in [2.45, 2.75) is 13.8 Å². The van der Waals surface area contributed by atoms with Crippen LogP contribution < -0.4 is 0 Å². The van der Waals surface area contributed by atoms with Crippen LogP contribution in [0.4, 0.5) is 0 Å². The quantitative estimate of drug-likeness (QED) is 0.781. The van der Waals surface area contributed by atoms with Gasteiger partial charge in [0.15, 0.2) is 5.69 Å². The average Bonchev–Trinajstić information content (AvgIpc) is 2.79. The van der Waals surface area contributed by atoms with Gasteiger partial charge in [0.05, 0.1) is 17.0 Å². The van der Waals surface area contributed by atoms with Gasteiger partial charge in [-0.25, -0.2) is 9.78 Å². The number of esters is 1. The van der Waals surface area contributed by atoms with Gasteiger partial charge in [0.25, 0.3) is 0 Å². The van der Waals surface area contributed by atoms with Gasteiger partial charge in [-0.15, -0.1) is 11.3 Å². The molecule has 0 atom stereocenters. The van der Waals surface area contributed by atoms with E-state index in [1.54, 1.807) is 12.4 Å². The molecule has 1 aromatic heterocycles. The van der Waals surface area contributed by atoms with Crippen LogP contribution in [0, 0.1) is 6.92 Å². The van der Waals surface area contributed by atoms with Crippen LogP contribution in [-0.2, 0) is 4.74 Å². The number of rotatable bonds is 3. The summed E-state index contributed by atoms with van der Waals surface area (Å²) in [5.74, 6) is -0.355. The molecule has 0 saturated carbocycles. The smallest absolute Gasteiger partial charge is 0.358 e. The summed E-state index contributed by atoms with van der Waals surface area (Å²) in [6, 6.07) is 7.94. The van der Waals surface area contributed by atoms with Gasteiger partial charge >= 0.3 is 5.97 Å². The Balaban J connectivity index is 2.44. The molecular formula is C13H13NO2S. The Kier molecular flexibility index (Phi) is 3.54. The zero-order valence-electron chi connectivity index (χ0n) is 9.77. The standard InChI is InChI=1S/C13H13NO2S/c1-3-16-13(15)11-12(17-8-14-11)10-7-5-4-6-9(10)2/h4-8H,3H2,1-2H3. The van der Waals surface area contributed by atoms with Crippen LogP contribution in [0.3, 0.4) is 0 Å². The fraction of sp³-hybridized carbons (Fsp3) is 0.231. The number of ether oxygens (including phenoxy) is 1. The molecule has 0 aliphatic carbocycles. The van der Waals surface area contributed by atoms with E-state index in [9.17, 15) is 4.79 Å². The number of nitrogens with zero attached hydrogens (tertiary/aromatic N) is 1. The summed E-state index contributed by atoms with van der Waals surface area (Å²) >= 11 is 1.46. The van der Waals surface area contributed by atoms with Crippen molar-refractivity contribution in [3.63, 3.8) is 0 Å². The highest BCUT2D eigenvalue weighted by Crippen LogP contribution is 2.30. The summed E-state index contributed by atoms with van der Waals surface area (Å²) < 4.78 is 4.99. The number of aromatic nitrogens is 1. The van der Waals surface area contributed by atoms with Gasteiger partial charge in [0, 0.05) is 0 Å². The summed E-state index contributed by atoms with van der Waals surface area (Å²) in [7, 11) is 0. The van der Waals surface area contributed by atoms with Gasteiger partial charge in [0.1, 0.15) is 0 Å². The molecule has 3 nitrogen and oxygen atoms in total. The van der Waals surface area contributed by atoms with E-state index < -0.39 is 0 Å². The second-order valence-corrected chi connectivity index (χ2v) is 4.42. The maximum atomic E-state index is 11.7. The lowest BCUT2D eigenvalue weighted by atomic mass is 10.1. The molecule has 0 aliphatic heterocycles. The highest BCUT2D eigenvalue weighted by molar-refractivity contribution is 7.13. The highest BCUT2D eigenvalue weighted by atomic mass is 32.1. The molecule has 0 fully saturated rings. The van der Waals surface area contributed by atoms with Crippen LogP contribution >= 0.6 is 11.3 Å². The lowest BCUT2D eigenvalue weighted by Gasteiger charge is -2.05. The summed E-state index contributed by atoms with van der Waals surface area (Å²) in [4.78, 5) is 16.7. The van der Waals surface area contributed by atoms with Crippen molar-refractivity contribution in [3.8, 4) is 10.4 Å². The number of hydrogen-bond acceptors (Lipinski definition) is 4. The largest absolute Gasteiger partial charge is 0.461 e. The van der Waals surface area contributed by atoms with Crippen LogP contribution in [0.15, 0.2) is 29.8 Å². The third-order valence-electron chi connectivity index (χ3n) is 2.43. The number of benzene rings is 1. The molecule has 4 heteroatoms. The molecule has 0 N–H and O–H groups in total. The lowest BCUT2D eigenvalue weighted by molar-refractivity contribution is 0.0521. The molecule has 17 heavy (non-hydrogen) atoms. The van der Waals surface area contributed by atoms with Crippen molar-refractivity contribution in [3.05, 3.63) is 41.0 Å². The van der Waals surface area contributed by atoms with E-state index in [1.165, 1.54) is 11.3 Å². The van der Waals surface area contributed by atoms with Gasteiger partial charge < -0.3 is 4.74 Å². The van der Waals surface area contributed by atoms with Gasteiger partial charge in [-0.05, 0) is 25.0 Å². The van der Waals surface area contributed by atoms with Crippen LogP contribution in [0.5, 0.6) is 0 Å². The first-order valence-electron chi connectivity index (χ1n) is 5.40. The fourth-order valence-corrected chi connectivity index (χ4v) is 2.48. The first-order valence-corrected chi connectivity index (χ1v) is 6.28. The fourth-order valence-electron chi connectivity index (χ4n) is 1.61. The molecule has 0 radical (unpaired) electrons. The number of carbonyl (C=O) groups is 1. The van der Waals surface area contributed by atoms with E-state index in [0.717, 1.165) is 16.0 Å². The van der Waals surface area contributed by atoms with Crippen LogP contribution in [0.1, 0.15) is 23.0 Å². The first kappa shape index (κ1) is 11.8. The lowest BCUT2D eigenvalue weighted by Crippen LogP contribution is -2.06. The molecule has 2 rings (SSSR count). The predicted molar refractivity (Wildman–Crippen MR) is 68.2 cm³/mol. The Morgan fingerprint density at radius 1 is 1.41 bits per heavy atom. The minimum atomic E-state index is -0.355. The van der Waals surface area contributed by atoms with Crippen LogP contribution in [-0.4, -0.2) is 17.6 Å². The van der Waals surface area contributed by atoms with Crippen molar-refractivity contribution >= 4 is 17.3 Å². The number of carbonyl (C=O) groups excluding carboxylic acids is 1. The molecule has 1 heterocycles. The minimum Gasteiger partial charge on any atom is -0.461 e. The number of thiazole rings is 1. The van der Waals surface area contributed by atoms with E-state index in [1.807, 2.05) is 31.2 Å². The Morgan fingerprint density at radius 2 is 2.18 bits per heavy atom. The Labute approximate surface area is 104 Å². The van der Waals surface area contributed by atoms with Gasteiger partial charge in [-0.1, -0.05) is 24.3 Å². The van der Waals surface area contributed by atoms with E-state index in [0.29, 0.717) is 12.3 Å². The molecule has 0 aliphatic rings. The molecular weight excluding hydrogens is 234 g/mol. The molecule has 0 unspecified atom stereocenters. The SMILES string of the molecule is CCOC(=O)c1ncsc1-c1ccccc1C. The normalized spacial score (nSPS) is 10.2. The summed E-state index contributed by atoms with van der Waals surface area (Å²) in [6.07, 6.45) is 0. The molecule has 0 bridgehead atoms. The van der Waals surface area contributed by atoms with Crippen molar-refractivity contribution in [1.29, 1.82) is 0 Å². The van der Waals surface area contributed by atoms with Crippen molar-refractivity contribution in [2.24, 2.45) is 0 Å². The molecule has 1 aromatic carbocycles. The van der Waals surface area contributed by atoms with Crippen molar-refractivity contribution in [2.75, 3.05) is 6.61 Å². The summed E-state index contributed by atoms with van der Waals surface area (Å²) in [6.45, 7) is 4.17. The van der Waals surface area contributed by atoms with Gasteiger partial charge in [0.2, 0.25) is 0 Å². The van der Waals surface area contributed by atoms with Gasteiger partial charge in [-0.2, -0.15) is 0 Å². The third kappa shape index (κ3) is 2.36. The van der Waals surface area contributed by atoms with Crippen molar-refractivity contribution in [1.82, 2.24) is 4.98 Å². The zero-order valence-corrected chi connectivity index (χ0v) is 10.6. The summed E-state index contributed by atoms with van der Waals surface area (Å²) in [5.41, 5.74) is 4.25. The van der Waals surface area contributed by atoms with Crippen LogP contribution in [0.2, 0.25) is 0 Å². The van der Waals surface area contributed by atoms with E-state index in [4.69, 9.17) is 4.74 Å². The van der Waals surface area contributed by atoms with E-state index in [-0.39, 0.29) is 5.97 Å². The minimum absolute atomic E-state index is 0.355. The van der Waals surface area contributed by atoms with Crippen LogP contribution in [0.25, 0.3) is 10.4 Å². The topological polar surface area (TPSA) is 39.2 Å². The zero-order chi connectivity index (χ0) is 12.3. The Bertz CT molecular complexity index is 534. The summed E-state index contributed by atoms with van der Waals surface area (Å²) in [5, 5.41) is 0. The van der Waals surface area contributed by atoms with E-state index >= 15 is 0 Å². The second-order valence-electron chi connectivity index (χ2n) is 3.57. The molecule has 88 valence electrons. The monoisotopic (exact) mass is 247 g/mol. The third-order valence-corrected chi connectivity index (χ3v) is 3.29. The van der Waals surface area contributed by atoms with Crippen molar-refractivity contribution < 1.29 is 9.53 Å². The van der Waals surface area contributed by atoms with E-state index in [2.05, 4.69) is 4.98 Å². The molecule has 2 aromatic rings. The predicted octanol–water partition coefficient (Wildman–Crippen LogP) is 3.30. The highest BCUT2D eigenvalue weighted by Gasteiger charge is 2.18. The molecule has 0 amide bonds.